The molecule has 1 amide bonds. The van der Waals surface area contributed by atoms with Crippen molar-refractivity contribution in [3.63, 3.8) is 0 Å². The van der Waals surface area contributed by atoms with Gasteiger partial charge in [-0.15, -0.1) is 0 Å². The molecule has 0 unspecified atom stereocenters. The van der Waals surface area contributed by atoms with Crippen LogP contribution in [0.1, 0.15) is 68.8 Å². The van der Waals surface area contributed by atoms with Gasteiger partial charge in [-0.1, -0.05) is 38.8 Å². The maximum Gasteiger partial charge on any atom is 0.251 e. The summed E-state index contributed by atoms with van der Waals surface area (Å²) in [5.74, 6) is 0.789. The van der Waals surface area contributed by atoms with Crippen molar-refractivity contribution in [3.8, 4) is 0 Å². The second-order valence-corrected chi connectivity index (χ2v) is 6.75. The molecule has 0 bridgehead atoms. The Bertz CT molecular complexity index is 558. The lowest BCUT2D eigenvalue weighted by Gasteiger charge is -2.11. The molecular formula is C22H38N4O2. The van der Waals surface area contributed by atoms with Crippen molar-refractivity contribution in [1.29, 1.82) is 0 Å². The molecule has 0 aliphatic heterocycles. The molecule has 0 aromatic heterocycles. The summed E-state index contributed by atoms with van der Waals surface area (Å²) in [4.78, 5) is 16.7. The maximum absolute atomic E-state index is 12.0. The highest BCUT2D eigenvalue weighted by Crippen LogP contribution is 2.06. The Kier molecular flexibility index (Phi) is 13.6. The number of benzene rings is 1. The minimum atomic E-state index is -0.0142. The number of carbonyl (C=O) groups is 1. The highest BCUT2D eigenvalue weighted by Gasteiger charge is 2.04. The van der Waals surface area contributed by atoms with Crippen LogP contribution >= 0.6 is 0 Å². The van der Waals surface area contributed by atoms with Gasteiger partial charge in [0.15, 0.2) is 5.96 Å². The molecular weight excluding hydrogens is 352 g/mol. The topological polar surface area (TPSA) is 74.8 Å². The molecule has 1 rings (SSSR count). The standard InChI is InChI=1S/C22H38N4O2/c1-4-7-14-24-21(27)20-12-10-19(11-13-20)18-26-22(23-6-3)25-15-9-17-28-16-8-5-2/h10-13H,4-9,14-18H2,1-3H3,(H,24,27)(H2,23,25,26). The van der Waals surface area contributed by atoms with Crippen LogP contribution in [0.4, 0.5) is 0 Å². The summed E-state index contributed by atoms with van der Waals surface area (Å²) in [6.07, 6.45) is 5.32. The van der Waals surface area contributed by atoms with Gasteiger partial charge in [0.05, 0.1) is 6.54 Å². The molecule has 0 aliphatic carbocycles. The van der Waals surface area contributed by atoms with E-state index in [2.05, 4.69) is 41.7 Å². The molecule has 0 saturated carbocycles. The zero-order chi connectivity index (χ0) is 20.5. The number of unbranched alkanes of at least 4 members (excludes halogenated alkanes) is 2. The number of rotatable bonds is 14. The fraction of sp³-hybridized carbons (Fsp3) is 0.636. The third kappa shape index (κ3) is 10.9. The molecule has 1 aromatic carbocycles. The van der Waals surface area contributed by atoms with Gasteiger partial charge in [-0.25, -0.2) is 4.99 Å². The highest BCUT2D eigenvalue weighted by molar-refractivity contribution is 5.94. The molecule has 6 heteroatoms. The summed E-state index contributed by atoms with van der Waals surface area (Å²) in [7, 11) is 0. The lowest BCUT2D eigenvalue weighted by atomic mass is 10.1. The van der Waals surface area contributed by atoms with E-state index in [4.69, 9.17) is 4.74 Å². The zero-order valence-corrected chi connectivity index (χ0v) is 17.9. The summed E-state index contributed by atoms with van der Waals surface area (Å²) in [5, 5.41) is 9.53. The van der Waals surface area contributed by atoms with E-state index in [-0.39, 0.29) is 5.91 Å². The van der Waals surface area contributed by atoms with Crippen LogP contribution in [0.3, 0.4) is 0 Å². The molecule has 0 spiro atoms. The number of nitrogens with zero attached hydrogens (tertiary/aromatic N) is 1. The normalized spacial score (nSPS) is 11.3. The van der Waals surface area contributed by atoms with Crippen LogP contribution in [0, 0.1) is 0 Å². The first-order valence-corrected chi connectivity index (χ1v) is 10.7. The smallest absolute Gasteiger partial charge is 0.251 e. The molecule has 6 nitrogen and oxygen atoms in total. The van der Waals surface area contributed by atoms with Gasteiger partial charge in [0.2, 0.25) is 0 Å². The van der Waals surface area contributed by atoms with E-state index < -0.39 is 0 Å². The van der Waals surface area contributed by atoms with Gasteiger partial charge < -0.3 is 20.7 Å². The Labute approximate surface area is 170 Å². The monoisotopic (exact) mass is 390 g/mol. The number of guanidine groups is 1. The van der Waals surface area contributed by atoms with Gasteiger partial charge in [0.1, 0.15) is 0 Å². The number of carbonyl (C=O) groups excluding carboxylic acids is 1. The van der Waals surface area contributed by atoms with Gasteiger partial charge in [-0.3, -0.25) is 4.79 Å². The van der Waals surface area contributed by atoms with Crippen molar-refractivity contribution in [2.45, 2.75) is 59.4 Å². The summed E-state index contributed by atoms with van der Waals surface area (Å²) in [6, 6.07) is 7.65. The first-order valence-electron chi connectivity index (χ1n) is 10.7. The van der Waals surface area contributed by atoms with Crippen molar-refractivity contribution in [1.82, 2.24) is 16.0 Å². The summed E-state index contributed by atoms with van der Waals surface area (Å²) in [5.41, 5.74) is 1.77. The number of hydrogen-bond donors (Lipinski definition) is 3. The lowest BCUT2D eigenvalue weighted by Crippen LogP contribution is -2.38. The van der Waals surface area contributed by atoms with Crippen molar-refractivity contribution < 1.29 is 9.53 Å². The molecule has 0 fully saturated rings. The molecule has 0 saturated heterocycles. The van der Waals surface area contributed by atoms with E-state index in [0.717, 1.165) is 70.1 Å². The van der Waals surface area contributed by atoms with Crippen LogP contribution in [0.25, 0.3) is 0 Å². The summed E-state index contributed by atoms with van der Waals surface area (Å²) in [6.45, 7) is 10.9. The van der Waals surface area contributed by atoms with Crippen molar-refractivity contribution in [2.24, 2.45) is 4.99 Å². The minimum absolute atomic E-state index is 0.0142. The van der Waals surface area contributed by atoms with Crippen molar-refractivity contribution in [2.75, 3.05) is 32.8 Å². The SMILES string of the molecule is CCCCNC(=O)c1ccc(CN=C(NCC)NCCCOCCCC)cc1. The van der Waals surface area contributed by atoms with Gasteiger partial charge in [-0.2, -0.15) is 0 Å². The Morgan fingerprint density at radius 1 is 0.893 bits per heavy atom. The minimum Gasteiger partial charge on any atom is -0.381 e. The highest BCUT2D eigenvalue weighted by atomic mass is 16.5. The lowest BCUT2D eigenvalue weighted by molar-refractivity contribution is 0.0953. The van der Waals surface area contributed by atoms with E-state index in [0.29, 0.717) is 12.1 Å². The van der Waals surface area contributed by atoms with Crippen LogP contribution in [-0.2, 0) is 11.3 Å². The van der Waals surface area contributed by atoms with E-state index in [1.807, 2.05) is 24.3 Å². The zero-order valence-electron chi connectivity index (χ0n) is 17.9. The predicted molar refractivity (Wildman–Crippen MR) is 117 cm³/mol. The molecule has 158 valence electrons. The van der Waals surface area contributed by atoms with Crippen molar-refractivity contribution >= 4 is 11.9 Å². The summed E-state index contributed by atoms with van der Waals surface area (Å²) >= 11 is 0. The molecule has 0 aliphatic rings. The molecule has 3 N–H and O–H groups in total. The van der Waals surface area contributed by atoms with E-state index in [1.165, 1.54) is 6.42 Å². The van der Waals surface area contributed by atoms with Crippen LogP contribution in [0.15, 0.2) is 29.3 Å². The number of aliphatic imine (C=N–C) groups is 1. The van der Waals surface area contributed by atoms with Crippen molar-refractivity contribution in [3.05, 3.63) is 35.4 Å². The second-order valence-electron chi connectivity index (χ2n) is 6.75. The Morgan fingerprint density at radius 2 is 1.57 bits per heavy atom. The molecule has 0 radical (unpaired) electrons. The van der Waals surface area contributed by atoms with Gasteiger partial charge in [0.25, 0.3) is 5.91 Å². The van der Waals surface area contributed by atoms with E-state index >= 15 is 0 Å². The van der Waals surface area contributed by atoms with Crippen LogP contribution in [-0.4, -0.2) is 44.7 Å². The average Bonchev–Trinajstić information content (AvgIpc) is 2.71. The van der Waals surface area contributed by atoms with Gasteiger partial charge >= 0.3 is 0 Å². The Hall–Kier alpha value is -2.08. The number of amides is 1. The van der Waals surface area contributed by atoms with E-state index in [1.54, 1.807) is 0 Å². The Morgan fingerprint density at radius 3 is 2.25 bits per heavy atom. The van der Waals surface area contributed by atoms with Crippen LogP contribution < -0.4 is 16.0 Å². The Balaban J connectivity index is 2.41. The van der Waals surface area contributed by atoms with Gasteiger partial charge in [-0.05, 0) is 43.9 Å². The fourth-order valence-corrected chi connectivity index (χ4v) is 2.48. The summed E-state index contributed by atoms with van der Waals surface area (Å²) < 4.78 is 5.57. The third-order valence-corrected chi connectivity index (χ3v) is 4.20. The quantitative estimate of drug-likeness (QED) is 0.258. The van der Waals surface area contributed by atoms with Gasteiger partial charge in [0, 0.05) is 38.4 Å². The third-order valence-electron chi connectivity index (χ3n) is 4.20. The molecule has 28 heavy (non-hydrogen) atoms. The first-order chi connectivity index (χ1) is 13.7. The van der Waals surface area contributed by atoms with Crippen LogP contribution in [0.2, 0.25) is 0 Å². The predicted octanol–water partition coefficient (Wildman–Crippen LogP) is 3.48. The van der Waals surface area contributed by atoms with Crippen LogP contribution in [0.5, 0.6) is 0 Å². The van der Waals surface area contributed by atoms with E-state index in [9.17, 15) is 4.79 Å². The molecule has 0 heterocycles. The largest absolute Gasteiger partial charge is 0.381 e. The maximum atomic E-state index is 12.0. The number of nitrogens with one attached hydrogen (secondary N) is 3. The second kappa shape index (κ2) is 15.9. The first kappa shape index (κ1) is 24.0. The fourth-order valence-electron chi connectivity index (χ4n) is 2.48. The molecule has 1 aromatic rings. The number of hydrogen-bond acceptors (Lipinski definition) is 3. The molecule has 0 atom stereocenters. The number of ether oxygens (including phenoxy) is 1. The average molecular weight is 391 g/mol.